The molecule has 1 aromatic rings. The van der Waals surface area contributed by atoms with Crippen molar-refractivity contribution in [3.63, 3.8) is 0 Å². The first-order valence-electron chi connectivity index (χ1n) is 7.02. The van der Waals surface area contributed by atoms with E-state index in [1.54, 1.807) is 6.07 Å². The molecule has 2 heterocycles. The molecule has 120 valence electrons. The van der Waals surface area contributed by atoms with Crippen LogP contribution in [0.2, 0.25) is 0 Å². The molecule has 0 aliphatic carbocycles. The Morgan fingerprint density at radius 3 is 2.67 bits per heavy atom. The van der Waals surface area contributed by atoms with Crippen LogP contribution in [0.5, 0.6) is 0 Å². The molecule has 1 saturated heterocycles. The SMILES string of the molecule is CN(C)S(=O)(=O)c1ccc(CNCCN2CCOCC2)o1. The highest BCUT2D eigenvalue weighted by atomic mass is 32.2. The molecule has 1 aliphatic heterocycles. The second-order valence-electron chi connectivity index (χ2n) is 5.14. The molecule has 7 nitrogen and oxygen atoms in total. The van der Waals surface area contributed by atoms with Crippen molar-refractivity contribution in [2.45, 2.75) is 11.6 Å². The first kappa shape index (κ1) is 16.4. The number of hydrogen-bond donors (Lipinski definition) is 1. The van der Waals surface area contributed by atoms with Crippen LogP contribution < -0.4 is 5.32 Å². The molecule has 0 unspecified atom stereocenters. The highest BCUT2D eigenvalue weighted by Gasteiger charge is 2.21. The van der Waals surface area contributed by atoms with Crippen LogP contribution in [-0.2, 0) is 21.3 Å². The average molecular weight is 317 g/mol. The van der Waals surface area contributed by atoms with Gasteiger partial charge in [-0.05, 0) is 12.1 Å². The van der Waals surface area contributed by atoms with Gasteiger partial charge in [0.1, 0.15) is 5.76 Å². The smallest absolute Gasteiger partial charge is 0.275 e. The Labute approximate surface area is 125 Å². The first-order valence-corrected chi connectivity index (χ1v) is 8.46. The number of rotatable bonds is 7. The predicted octanol–water partition coefficient (Wildman–Crippen LogP) is -0.0483. The number of furan rings is 1. The van der Waals surface area contributed by atoms with E-state index in [-0.39, 0.29) is 5.09 Å². The first-order chi connectivity index (χ1) is 10.00. The summed E-state index contributed by atoms with van der Waals surface area (Å²) in [5.74, 6) is 0.623. The molecule has 0 aromatic carbocycles. The minimum atomic E-state index is -3.49. The third-order valence-electron chi connectivity index (χ3n) is 3.38. The van der Waals surface area contributed by atoms with Gasteiger partial charge in [0.25, 0.3) is 10.0 Å². The molecule has 21 heavy (non-hydrogen) atoms. The molecular formula is C13H23N3O4S. The molecule has 1 N–H and O–H groups in total. The number of morpholine rings is 1. The van der Waals surface area contributed by atoms with Gasteiger partial charge in [0.05, 0.1) is 19.8 Å². The third-order valence-corrected chi connectivity index (χ3v) is 5.07. The fraction of sp³-hybridized carbons (Fsp3) is 0.692. The lowest BCUT2D eigenvalue weighted by molar-refractivity contribution is 0.0383. The van der Waals surface area contributed by atoms with Crippen molar-refractivity contribution >= 4 is 10.0 Å². The Bertz CT molecular complexity index is 535. The molecule has 1 fully saturated rings. The van der Waals surface area contributed by atoms with Crippen molar-refractivity contribution in [2.75, 3.05) is 53.5 Å². The van der Waals surface area contributed by atoms with Crippen LogP contribution in [0.25, 0.3) is 0 Å². The van der Waals surface area contributed by atoms with E-state index >= 15 is 0 Å². The molecule has 8 heteroatoms. The second kappa shape index (κ2) is 7.37. The van der Waals surface area contributed by atoms with Crippen molar-refractivity contribution < 1.29 is 17.6 Å². The fourth-order valence-corrected chi connectivity index (χ4v) is 2.86. The lowest BCUT2D eigenvalue weighted by Crippen LogP contribution is -2.40. The number of nitrogens with zero attached hydrogens (tertiary/aromatic N) is 2. The average Bonchev–Trinajstić information content (AvgIpc) is 2.94. The second-order valence-corrected chi connectivity index (χ2v) is 7.22. The quantitative estimate of drug-likeness (QED) is 0.711. The Hall–Kier alpha value is -0.930. The standard InChI is InChI=1S/C13H23N3O4S/c1-15(2)21(17,18)13-4-3-12(20-13)11-14-5-6-16-7-9-19-10-8-16/h3-4,14H,5-11H2,1-2H3. The zero-order chi connectivity index (χ0) is 15.3. The lowest BCUT2D eigenvalue weighted by atomic mass is 10.4. The summed E-state index contributed by atoms with van der Waals surface area (Å²) >= 11 is 0. The lowest BCUT2D eigenvalue weighted by Gasteiger charge is -2.26. The summed E-state index contributed by atoms with van der Waals surface area (Å²) in [6.07, 6.45) is 0. The summed E-state index contributed by atoms with van der Waals surface area (Å²) in [7, 11) is -0.519. The monoisotopic (exact) mass is 317 g/mol. The third kappa shape index (κ3) is 4.52. The van der Waals surface area contributed by atoms with Gasteiger partial charge in [-0.15, -0.1) is 0 Å². The van der Waals surface area contributed by atoms with Gasteiger partial charge < -0.3 is 14.5 Å². The highest BCUT2D eigenvalue weighted by molar-refractivity contribution is 7.88. The maximum atomic E-state index is 11.9. The van der Waals surface area contributed by atoms with E-state index in [1.807, 2.05) is 0 Å². The van der Waals surface area contributed by atoms with E-state index in [2.05, 4.69) is 10.2 Å². The number of nitrogens with one attached hydrogen (secondary N) is 1. The Morgan fingerprint density at radius 1 is 1.29 bits per heavy atom. The summed E-state index contributed by atoms with van der Waals surface area (Å²) in [5, 5.41) is 3.24. The molecule has 2 rings (SSSR count). The van der Waals surface area contributed by atoms with Crippen LogP contribution in [0.3, 0.4) is 0 Å². The zero-order valence-electron chi connectivity index (χ0n) is 12.5. The minimum Gasteiger partial charge on any atom is -0.447 e. The Morgan fingerprint density at radius 2 is 2.00 bits per heavy atom. The van der Waals surface area contributed by atoms with Crippen molar-refractivity contribution in [2.24, 2.45) is 0 Å². The molecule has 0 bridgehead atoms. The van der Waals surface area contributed by atoms with Gasteiger partial charge in [0, 0.05) is 40.3 Å². The van der Waals surface area contributed by atoms with E-state index in [1.165, 1.54) is 20.2 Å². The molecule has 0 spiro atoms. The summed E-state index contributed by atoms with van der Waals surface area (Å²) in [6.45, 7) is 5.83. The van der Waals surface area contributed by atoms with Gasteiger partial charge in [0.2, 0.25) is 5.09 Å². The number of ether oxygens (including phenoxy) is 1. The maximum absolute atomic E-state index is 11.9. The van der Waals surface area contributed by atoms with Crippen LogP contribution in [0, 0.1) is 0 Å². The number of sulfonamides is 1. The molecule has 1 aliphatic rings. The van der Waals surface area contributed by atoms with Gasteiger partial charge in [0.15, 0.2) is 0 Å². The van der Waals surface area contributed by atoms with E-state index in [9.17, 15) is 8.42 Å². The van der Waals surface area contributed by atoms with E-state index < -0.39 is 10.0 Å². The van der Waals surface area contributed by atoms with Gasteiger partial charge in [-0.2, -0.15) is 0 Å². The van der Waals surface area contributed by atoms with Crippen LogP contribution in [0.4, 0.5) is 0 Å². The fourth-order valence-electron chi connectivity index (χ4n) is 2.05. The Balaban J connectivity index is 1.75. The van der Waals surface area contributed by atoms with Crippen LogP contribution in [0.15, 0.2) is 21.6 Å². The molecule has 1 aromatic heterocycles. The normalized spacial score (nSPS) is 17.5. The molecule has 0 atom stereocenters. The van der Waals surface area contributed by atoms with Gasteiger partial charge in [-0.3, -0.25) is 4.90 Å². The predicted molar refractivity (Wildman–Crippen MR) is 78.5 cm³/mol. The van der Waals surface area contributed by atoms with Crippen LogP contribution in [0.1, 0.15) is 5.76 Å². The van der Waals surface area contributed by atoms with Crippen LogP contribution in [-0.4, -0.2) is 71.1 Å². The molecular weight excluding hydrogens is 294 g/mol. The van der Waals surface area contributed by atoms with Crippen LogP contribution >= 0.6 is 0 Å². The number of hydrogen-bond acceptors (Lipinski definition) is 6. The molecule has 0 saturated carbocycles. The van der Waals surface area contributed by atoms with Gasteiger partial charge >= 0.3 is 0 Å². The Kier molecular flexibility index (Phi) is 5.77. The summed E-state index contributed by atoms with van der Waals surface area (Å²) in [6, 6.07) is 3.19. The maximum Gasteiger partial charge on any atom is 0.275 e. The summed E-state index contributed by atoms with van der Waals surface area (Å²) < 4.78 is 35.6. The van der Waals surface area contributed by atoms with E-state index in [0.717, 1.165) is 43.7 Å². The van der Waals surface area contributed by atoms with Gasteiger partial charge in [-0.25, -0.2) is 12.7 Å². The summed E-state index contributed by atoms with van der Waals surface area (Å²) in [5.41, 5.74) is 0. The van der Waals surface area contributed by atoms with Crippen molar-refractivity contribution in [1.29, 1.82) is 0 Å². The van der Waals surface area contributed by atoms with E-state index in [0.29, 0.717) is 12.3 Å². The summed E-state index contributed by atoms with van der Waals surface area (Å²) in [4.78, 5) is 2.33. The van der Waals surface area contributed by atoms with Gasteiger partial charge in [-0.1, -0.05) is 0 Å². The topological polar surface area (TPSA) is 75.0 Å². The zero-order valence-corrected chi connectivity index (χ0v) is 13.4. The van der Waals surface area contributed by atoms with E-state index in [4.69, 9.17) is 9.15 Å². The highest BCUT2D eigenvalue weighted by Crippen LogP contribution is 2.16. The minimum absolute atomic E-state index is 0.0162. The molecule has 0 radical (unpaired) electrons. The van der Waals surface area contributed by atoms with Crippen molar-refractivity contribution in [3.8, 4) is 0 Å². The molecule has 0 amide bonds. The van der Waals surface area contributed by atoms with Crippen molar-refractivity contribution in [1.82, 2.24) is 14.5 Å². The van der Waals surface area contributed by atoms with Crippen molar-refractivity contribution in [3.05, 3.63) is 17.9 Å². The largest absolute Gasteiger partial charge is 0.447 e.